The first kappa shape index (κ1) is 19.4. The van der Waals surface area contributed by atoms with Gasteiger partial charge in [0.15, 0.2) is 5.75 Å². The lowest BCUT2D eigenvalue weighted by molar-refractivity contribution is -0.139. The maximum atomic E-state index is 11.7. The number of alkyl carbamates (subject to hydrolysis) is 1. The van der Waals surface area contributed by atoms with Crippen molar-refractivity contribution >= 4 is 35.3 Å². The van der Waals surface area contributed by atoms with Gasteiger partial charge in [-0.05, 0) is 38.5 Å². The van der Waals surface area contributed by atoms with Gasteiger partial charge >= 0.3 is 12.1 Å². The summed E-state index contributed by atoms with van der Waals surface area (Å²) in [7, 11) is 1.43. The fourth-order valence-corrected chi connectivity index (χ4v) is 2.50. The van der Waals surface area contributed by atoms with Crippen LogP contribution in [-0.2, 0) is 16.0 Å². The number of amides is 1. The number of nitrogens with one attached hydrogen (secondary N) is 1. The number of carbonyl (C=O) groups is 2. The number of aliphatic carboxylic acids is 1. The molecule has 0 saturated carbocycles. The van der Waals surface area contributed by atoms with Gasteiger partial charge in [-0.25, -0.2) is 9.59 Å². The standard InChI is InChI=1S/C15H19Cl2NO5/c1-15(2,3)23-14(21)18-11(13(19)20)7-8-5-9(16)12(22-4)10(17)6-8/h5-6,11H,7H2,1-4H3,(H,18,21)(H,19,20). The SMILES string of the molecule is COc1c(Cl)cc(CC(NC(=O)OC(C)(C)C)C(=O)O)cc1Cl. The van der Waals surface area contributed by atoms with Gasteiger partial charge in [-0.2, -0.15) is 0 Å². The van der Waals surface area contributed by atoms with Gasteiger partial charge in [-0.1, -0.05) is 23.2 Å². The number of ether oxygens (including phenoxy) is 2. The quantitative estimate of drug-likeness (QED) is 0.835. The largest absolute Gasteiger partial charge is 0.494 e. The molecule has 1 atom stereocenters. The molecule has 2 N–H and O–H groups in total. The Balaban J connectivity index is 2.89. The number of hydrogen-bond donors (Lipinski definition) is 2. The van der Waals surface area contributed by atoms with Crippen molar-refractivity contribution in [3.8, 4) is 5.75 Å². The molecule has 1 amide bonds. The van der Waals surface area contributed by atoms with Crippen LogP contribution in [0.25, 0.3) is 0 Å². The highest BCUT2D eigenvalue weighted by Gasteiger charge is 2.24. The summed E-state index contributed by atoms with van der Waals surface area (Å²) in [6.07, 6.45) is -0.812. The molecule has 0 aromatic heterocycles. The van der Waals surface area contributed by atoms with Crippen LogP contribution < -0.4 is 10.1 Å². The number of benzene rings is 1. The van der Waals surface area contributed by atoms with Crippen molar-refractivity contribution in [1.82, 2.24) is 5.32 Å². The van der Waals surface area contributed by atoms with Crippen LogP contribution in [0.4, 0.5) is 4.79 Å². The molecule has 23 heavy (non-hydrogen) atoms. The van der Waals surface area contributed by atoms with Crippen molar-refractivity contribution in [1.29, 1.82) is 0 Å². The fraction of sp³-hybridized carbons (Fsp3) is 0.467. The molecule has 0 aliphatic heterocycles. The summed E-state index contributed by atoms with van der Waals surface area (Å²) >= 11 is 12.0. The van der Waals surface area contributed by atoms with Gasteiger partial charge in [0.1, 0.15) is 11.6 Å². The number of hydrogen-bond acceptors (Lipinski definition) is 4. The molecule has 128 valence electrons. The van der Waals surface area contributed by atoms with E-state index < -0.39 is 23.7 Å². The van der Waals surface area contributed by atoms with E-state index in [9.17, 15) is 14.7 Å². The average molecular weight is 364 g/mol. The zero-order valence-electron chi connectivity index (χ0n) is 13.3. The van der Waals surface area contributed by atoms with Crippen LogP contribution in [0.2, 0.25) is 10.0 Å². The molecule has 8 heteroatoms. The summed E-state index contributed by atoms with van der Waals surface area (Å²) in [5, 5.41) is 12.1. The Morgan fingerprint density at radius 3 is 2.17 bits per heavy atom. The van der Waals surface area contributed by atoms with Crippen LogP contribution in [0.1, 0.15) is 26.3 Å². The summed E-state index contributed by atoms with van der Waals surface area (Å²) in [5.41, 5.74) is -0.177. The lowest BCUT2D eigenvalue weighted by atomic mass is 10.1. The van der Waals surface area contributed by atoms with Gasteiger partial charge in [0.2, 0.25) is 0 Å². The molecule has 0 bridgehead atoms. The molecular formula is C15H19Cl2NO5. The molecule has 0 spiro atoms. The second kappa shape index (κ2) is 7.75. The van der Waals surface area contributed by atoms with Crippen molar-refractivity contribution in [3.63, 3.8) is 0 Å². The Kier molecular flexibility index (Phi) is 6.53. The number of methoxy groups -OCH3 is 1. The lowest BCUT2D eigenvalue weighted by Crippen LogP contribution is -2.44. The van der Waals surface area contributed by atoms with Gasteiger partial charge < -0.3 is 19.9 Å². The molecule has 1 aromatic rings. The van der Waals surface area contributed by atoms with E-state index in [-0.39, 0.29) is 16.5 Å². The van der Waals surface area contributed by atoms with Crippen LogP contribution in [-0.4, -0.2) is 35.9 Å². The van der Waals surface area contributed by atoms with Crippen molar-refractivity contribution < 1.29 is 24.2 Å². The normalized spacial score (nSPS) is 12.4. The molecule has 1 aromatic carbocycles. The van der Waals surface area contributed by atoms with E-state index in [2.05, 4.69) is 5.32 Å². The topological polar surface area (TPSA) is 84.9 Å². The van der Waals surface area contributed by atoms with Gasteiger partial charge in [-0.15, -0.1) is 0 Å². The highest BCUT2D eigenvalue weighted by Crippen LogP contribution is 2.34. The molecule has 0 saturated heterocycles. The molecule has 1 unspecified atom stereocenters. The number of carboxylic acid groups (broad SMARTS) is 1. The van der Waals surface area contributed by atoms with E-state index in [4.69, 9.17) is 32.7 Å². The van der Waals surface area contributed by atoms with E-state index in [0.717, 1.165) is 0 Å². The van der Waals surface area contributed by atoms with E-state index in [0.29, 0.717) is 11.3 Å². The Morgan fingerprint density at radius 1 is 1.26 bits per heavy atom. The van der Waals surface area contributed by atoms with Crippen LogP contribution in [0.3, 0.4) is 0 Å². The third-order valence-corrected chi connectivity index (χ3v) is 3.25. The second-order valence-electron chi connectivity index (χ2n) is 5.83. The molecule has 1 rings (SSSR count). The monoisotopic (exact) mass is 363 g/mol. The van der Waals surface area contributed by atoms with Crippen molar-refractivity contribution in [2.45, 2.75) is 38.8 Å². The number of carboxylic acids is 1. The van der Waals surface area contributed by atoms with E-state index in [1.165, 1.54) is 7.11 Å². The van der Waals surface area contributed by atoms with Crippen molar-refractivity contribution in [2.24, 2.45) is 0 Å². The van der Waals surface area contributed by atoms with E-state index in [1.807, 2.05) is 0 Å². The number of rotatable bonds is 5. The predicted octanol–water partition coefficient (Wildman–Crippen LogP) is 3.52. The third-order valence-electron chi connectivity index (χ3n) is 2.69. The van der Waals surface area contributed by atoms with Gasteiger partial charge in [-0.3, -0.25) is 0 Å². The summed E-state index contributed by atoms with van der Waals surface area (Å²) in [6, 6.07) is 1.91. The number of carbonyl (C=O) groups excluding carboxylic acids is 1. The van der Waals surface area contributed by atoms with E-state index in [1.54, 1.807) is 32.9 Å². The Morgan fingerprint density at radius 2 is 1.78 bits per heavy atom. The molecule has 6 nitrogen and oxygen atoms in total. The molecule has 0 aliphatic rings. The molecule has 0 radical (unpaired) electrons. The van der Waals surface area contributed by atoms with Crippen molar-refractivity contribution in [3.05, 3.63) is 27.7 Å². The van der Waals surface area contributed by atoms with Crippen molar-refractivity contribution in [2.75, 3.05) is 7.11 Å². The highest BCUT2D eigenvalue weighted by molar-refractivity contribution is 6.37. The highest BCUT2D eigenvalue weighted by atomic mass is 35.5. The minimum Gasteiger partial charge on any atom is -0.494 e. The van der Waals surface area contributed by atoms with Crippen LogP contribution in [0.15, 0.2) is 12.1 Å². The fourth-order valence-electron chi connectivity index (χ4n) is 1.81. The molecular weight excluding hydrogens is 345 g/mol. The van der Waals surface area contributed by atoms with Gasteiger partial charge in [0.05, 0.1) is 17.2 Å². The molecule has 0 heterocycles. The second-order valence-corrected chi connectivity index (χ2v) is 6.65. The average Bonchev–Trinajstić information content (AvgIpc) is 2.35. The first-order valence-corrected chi connectivity index (χ1v) is 7.53. The molecule has 0 aliphatic carbocycles. The Bertz CT molecular complexity index is 575. The third kappa shape index (κ3) is 6.15. The lowest BCUT2D eigenvalue weighted by Gasteiger charge is -2.22. The molecule has 0 fully saturated rings. The Hall–Kier alpha value is -1.66. The predicted molar refractivity (Wildman–Crippen MR) is 87.5 cm³/mol. The van der Waals surface area contributed by atoms with Crippen LogP contribution >= 0.6 is 23.2 Å². The first-order valence-electron chi connectivity index (χ1n) is 6.77. The minimum absolute atomic E-state index is 0.00197. The zero-order valence-corrected chi connectivity index (χ0v) is 14.8. The summed E-state index contributed by atoms with van der Waals surface area (Å²) in [6.45, 7) is 5.06. The first-order chi connectivity index (χ1) is 10.5. The Labute approximate surface area is 144 Å². The van der Waals surface area contributed by atoms with Crippen LogP contribution in [0.5, 0.6) is 5.75 Å². The smallest absolute Gasteiger partial charge is 0.408 e. The van der Waals surface area contributed by atoms with Gasteiger partial charge in [0.25, 0.3) is 0 Å². The maximum Gasteiger partial charge on any atom is 0.408 e. The van der Waals surface area contributed by atoms with E-state index >= 15 is 0 Å². The van der Waals surface area contributed by atoms with Crippen LogP contribution in [0, 0.1) is 0 Å². The number of halogens is 2. The summed E-state index contributed by atoms with van der Waals surface area (Å²) in [4.78, 5) is 23.1. The maximum absolute atomic E-state index is 11.7. The zero-order chi connectivity index (χ0) is 17.8. The minimum atomic E-state index is -1.20. The summed E-state index contributed by atoms with van der Waals surface area (Å²) in [5.74, 6) is -0.886. The summed E-state index contributed by atoms with van der Waals surface area (Å²) < 4.78 is 10.1. The van der Waals surface area contributed by atoms with Gasteiger partial charge in [0, 0.05) is 6.42 Å².